The molecule has 0 aromatic heterocycles. The number of rotatable bonds is 7. The van der Waals surface area contributed by atoms with Crippen LogP contribution in [0.2, 0.25) is 0 Å². The first-order valence-electron chi connectivity index (χ1n) is 7.62. The van der Waals surface area contributed by atoms with Crippen LogP contribution in [0, 0.1) is 5.82 Å². The molecule has 1 aliphatic carbocycles. The summed E-state index contributed by atoms with van der Waals surface area (Å²) in [6, 6.07) is 5.20. The predicted molar refractivity (Wildman–Crippen MR) is 81.4 cm³/mol. The van der Waals surface area contributed by atoms with Gasteiger partial charge in [0.2, 0.25) is 5.91 Å². The first-order chi connectivity index (χ1) is 10.5. The molecule has 120 valence electrons. The van der Waals surface area contributed by atoms with Gasteiger partial charge in [0.15, 0.2) is 0 Å². The van der Waals surface area contributed by atoms with Crippen molar-refractivity contribution in [3.05, 3.63) is 35.6 Å². The normalized spacial score (nSPS) is 15.2. The van der Waals surface area contributed by atoms with E-state index in [2.05, 4.69) is 5.32 Å². The van der Waals surface area contributed by atoms with Crippen LogP contribution in [-0.4, -0.2) is 28.9 Å². The van der Waals surface area contributed by atoms with Gasteiger partial charge in [-0.15, -0.1) is 0 Å². The summed E-state index contributed by atoms with van der Waals surface area (Å²) in [6.45, 7) is 2.15. The van der Waals surface area contributed by atoms with Crippen molar-refractivity contribution in [2.24, 2.45) is 5.73 Å². The van der Waals surface area contributed by atoms with E-state index in [1.807, 2.05) is 6.92 Å². The third-order valence-corrected chi connectivity index (χ3v) is 3.76. The van der Waals surface area contributed by atoms with E-state index in [0.717, 1.165) is 19.3 Å². The number of benzene rings is 1. The summed E-state index contributed by atoms with van der Waals surface area (Å²) < 4.78 is 13.8. The van der Waals surface area contributed by atoms with Crippen LogP contribution in [-0.2, 0) is 11.3 Å². The van der Waals surface area contributed by atoms with E-state index in [9.17, 15) is 14.0 Å². The molecule has 22 heavy (non-hydrogen) atoms. The number of carbonyl (C=O) groups excluding carboxylic acids is 2. The summed E-state index contributed by atoms with van der Waals surface area (Å²) in [6.07, 6.45) is 3.09. The number of hydrogen-bond acceptors (Lipinski definition) is 2. The van der Waals surface area contributed by atoms with Crippen LogP contribution in [0.5, 0.6) is 0 Å². The second kappa shape index (κ2) is 7.24. The summed E-state index contributed by atoms with van der Waals surface area (Å²) in [5, 5.41) is 2.50. The topological polar surface area (TPSA) is 75.4 Å². The lowest BCUT2D eigenvalue weighted by atomic mass is 10.1. The number of primary amides is 1. The smallest absolute Gasteiger partial charge is 0.312 e. The number of halogens is 1. The molecule has 3 amide bonds. The van der Waals surface area contributed by atoms with Gasteiger partial charge in [-0.25, -0.2) is 9.18 Å². The molecule has 0 aliphatic heterocycles. The van der Waals surface area contributed by atoms with Crippen molar-refractivity contribution in [3.8, 4) is 0 Å². The first-order valence-corrected chi connectivity index (χ1v) is 7.62. The number of carbonyl (C=O) groups is 2. The zero-order valence-electron chi connectivity index (χ0n) is 12.7. The quantitative estimate of drug-likeness (QED) is 0.810. The van der Waals surface area contributed by atoms with Crippen molar-refractivity contribution < 1.29 is 14.0 Å². The molecule has 1 unspecified atom stereocenters. The molecular formula is C16H22FN3O2. The van der Waals surface area contributed by atoms with Crippen molar-refractivity contribution in [1.29, 1.82) is 0 Å². The van der Waals surface area contributed by atoms with E-state index in [4.69, 9.17) is 5.73 Å². The number of nitrogens with zero attached hydrogens (tertiary/aromatic N) is 1. The Labute approximate surface area is 129 Å². The monoisotopic (exact) mass is 307 g/mol. The highest BCUT2D eigenvalue weighted by Gasteiger charge is 2.36. The van der Waals surface area contributed by atoms with Gasteiger partial charge >= 0.3 is 6.03 Å². The lowest BCUT2D eigenvalue weighted by molar-refractivity contribution is -0.134. The maximum Gasteiger partial charge on any atom is 0.312 e. The van der Waals surface area contributed by atoms with Gasteiger partial charge in [0.25, 0.3) is 0 Å². The second-order valence-electron chi connectivity index (χ2n) is 5.64. The van der Waals surface area contributed by atoms with Crippen LogP contribution in [0.4, 0.5) is 9.18 Å². The van der Waals surface area contributed by atoms with E-state index in [-0.39, 0.29) is 24.3 Å². The molecule has 1 aliphatic rings. The van der Waals surface area contributed by atoms with Crippen molar-refractivity contribution in [2.75, 3.05) is 0 Å². The highest BCUT2D eigenvalue weighted by atomic mass is 19.1. The van der Waals surface area contributed by atoms with Crippen molar-refractivity contribution in [1.82, 2.24) is 10.2 Å². The van der Waals surface area contributed by atoms with Gasteiger partial charge < -0.3 is 16.0 Å². The third kappa shape index (κ3) is 4.19. The average molecular weight is 307 g/mol. The van der Waals surface area contributed by atoms with Crippen LogP contribution >= 0.6 is 0 Å². The van der Waals surface area contributed by atoms with Gasteiger partial charge in [0.05, 0.1) is 0 Å². The molecule has 1 fully saturated rings. The van der Waals surface area contributed by atoms with Crippen molar-refractivity contribution >= 4 is 11.9 Å². The largest absolute Gasteiger partial charge is 0.352 e. The first kappa shape index (κ1) is 16.3. The van der Waals surface area contributed by atoms with Crippen LogP contribution in [0.3, 0.4) is 0 Å². The maximum absolute atomic E-state index is 13.8. The number of urea groups is 1. The minimum Gasteiger partial charge on any atom is -0.352 e. The molecule has 5 nitrogen and oxygen atoms in total. The Balaban J connectivity index is 2.14. The molecule has 3 N–H and O–H groups in total. The number of nitrogens with one attached hydrogen (secondary N) is 1. The molecule has 1 aromatic carbocycles. The minimum absolute atomic E-state index is 0.126. The Kier molecular flexibility index (Phi) is 5.35. The van der Waals surface area contributed by atoms with E-state index in [1.54, 1.807) is 23.1 Å². The number of nitrogens with two attached hydrogens (primary N) is 1. The Morgan fingerprint density at radius 3 is 2.64 bits per heavy atom. The van der Waals surface area contributed by atoms with Gasteiger partial charge in [-0.2, -0.15) is 0 Å². The summed E-state index contributed by atoms with van der Waals surface area (Å²) in [4.78, 5) is 25.5. The van der Waals surface area contributed by atoms with E-state index in [0.29, 0.717) is 12.0 Å². The predicted octanol–water partition coefficient (Wildman–Crippen LogP) is 2.15. The molecule has 0 heterocycles. The van der Waals surface area contributed by atoms with Crippen LogP contribution in [0.15, 0.2) is 24.3 Å². The molecule has 0 radical (unpaired) electrons. The molecule has 1 atom stereocenters. The minimum atomic E-state index is -0.714. The van der Waals surface area contributed by atoms with Gasteiger partial charge in [0, 0.05) is 18.2 Å². The molecule has 2 rings (SSSR count). The highest BCUT2D eigenvalue weighted by Crippen LogP contribution is 2.29. The highest BCUT2D eigenvalue weighted by molar-refractivity contribution is 5.87. The van der Waals surface area contributed by atoms with Gasteiger partial charge in [-0.1, -0.05) is 31.5 Å². The number of hydrogen-bond donors (Lipinski definition) is 2. The van der Waals surface area contributed by atoms with Gasteiger partial charge in [-0.3, -0.25) is 4.79 Å². The third-order valence-electron chi connectivity index (χ3n) is 3.76. The molecule has 0 spiro atoms. The Morgan fingerprint density at radius 1 is 1.41 bits per heavy atom. The lowest BCUT2D eigenvalue weighted by Gasteiger charge is -2.27. The lowest BCUT2D eigenvalue weighted by Crippen LogP contribution is -2.50. The molecule has 1 saturated carbocycles. The second-order valence-corrected chi connectivity index (χ2v) is 5.64. The van der Waals surface area contributed by atoms with Crippen LogP contribution in [0.25, 0.3) is 0 Å². The van der Waals surface area contributed by atoms with Gasteiger partial charge in [-0.05, 0) is 25.3 Å². The van der Waals surface area contributed by atoms with Gasteiger partial charge in [0.1, 0.15) is 11.9 Å². The molecule has 6 heteroatoms. The zero-order valence-corrected chi connectivity index (χ0v) is 12.7. The van der Waals surface area contributed by atoms with E-state index >= 15 is 0 Å². The molecule has 1 aromatic rings. The molecule has 0 bridgehead atoms. The SMILES string of the molecule is CCCC(NC(N)=O)C(=O)N(Cc1ccccc1F)C1CC1. The Hall–Kier alpha value is -2.11. The van der Waals surface area contributed by atoms with Crippen molar-refractivity contribution in [2.45, 2.75) is 51.2 Å². The van der Waals surface area contributed by atoms with Crippen LogP contribution in [0.1, 0.15) is 38.2 Å². The maximum atomic E-state index is 13.8. The fraction of sp³-hybridized carbons (Fsp3) is 0.500. The number of amides is 3. The average Bonchev–Trinajstić information content (AvgIpc) is 3.29. The standard InChI is InChI=1S/C16H22FN3O2/c1-2-5-14(19-16(18)22)15(21)20(12-8-9-12)10-11-6-3-4-7-13(11)17/h3-4,6-7,12,14H,2,5,8-10H2,1H3,(H3,18,19,22). The van der Waals surface area contributed by atoms with Crippen molar-refractivity contribution in [3.63, 3.8) is 0 Å². The fourth-order valence-corrected chi connectivity index (χ4v) is 2.50. The Bertz CT molecular complexity index is 546. The Morgan fingerprint density at radius 2 is 2.09 bits per heavy atom. The summed E-state index contributed by atoms with van der Waals surface area (Å²) in [5.74, 6) is -0.512. The summed E-state index contributed by atoms with van der Waals surface area (Å²) >= 11 is 0. The van der Waals surface area contributed by atoms with E-state index < -0.39 is 12.1 Å². The van der Waals surface area contributed by atoms with Crippen LogP contribution < -0.4 is 11.1 Å². The summed E-state index contributed by atoms with van der Waals surface area (Å²) in [5.41, 5.74) is 5.63. The summed E-state index contributed by atoms with van der Waals surface area (Å²) in [7, 11) is 0. The molecule has 0 saturated heterocycles. The fourth-order valence-electron chi connectivity index (χ4n) is 2.50. The molecular weight excluding hydrogens is 285 g/mol. The zero-order chi connectivity index (χ0) is 16.1. The van der Waals surface area contributed by atoms with E-state index in [1.165, 1.54) is 6.07 Å².